The van der Waals surface area contributed by atoms with Crippen molar-refractivity contribution in [2.45, 2.75) is 38.2 Å². The molecule has 1 saturated carbocycles. The molecular formula is C22H22N2O4. The van der Waals surface area contributed by atoms with Gasteiger partial charge in [0.2, 0.25) is 5.88 Å². The van der Waals surface area contributed by atoms with Crippen LogP contribution in [0.3, 0.4) is 0 Å². The van der Waals surface area contributed by atoms with Crippen molar-refractivity contribution in [1.29, 1.82) is 0 Å². The molecule has 144 valence electrons. The van der Waals surface area contributed by atoms with E-state index >= 15 is 0 Å². The molecule has 0 spiro atoms. The van der Waals surface area contributed by atoms with E-state index in [0.717, 1.165) is 23.2 Å². The Labute approximate surface area is 163 Å². The van der Waals surface area contributed by atoms with Gasteiger partial charge in [-0.15, -0.1) is 0 Å². The van der Waals surface area contributed by atoms with Gasteiger partial charge in [-0.3, -0.25) is 9.59 Å². The van der Waals surface area contributed by atoms with E-state index < -0.39 is 6.10 Å². The number of aryl methyl sites for hydroxylation is 1. The number of benzene rings is 1. The fourth-order valence-electron chi connectivity index (χ4n) is 3.79. The first-order valence-corrected chi connectivity index (χ1v) is 9.90. The summed E-state index contributed by atoms with van der Waals surface area (Å²) in [6, 6.07) is 9.30. The van der Waals surface area contributed by atoms with Crippen LogP contribution in [0.1, 0.15) is 41.6 Å². The van der Waals surface area contributed by atoms with Crippen LogP contribution in [0.4, 0.5) is 5.69 Å². The average Bonchev–Trinajstić information content (AvgIpc) is 3.39. The zero-order chi connectivity index (χ0) is 19.1. The molecular weight excluding hydrogens is 356 g/mol. The Bertz CT molecular complexity index is 921. The van der Waals surface area contributed by atoms with Crippen LogP contribution in [0, 0.1) is 5.92 Å². The molecule has 2 fully saturated rings. The maximum Gasteiger partial charge on any atom is 0.268 e. The lowest BCUT2D eigenvalue weighted by Gasteiger charge is -2.18. The maximum absolute atomic E-state index is 12.8. The summed E-state index contributed by atoms with van der Waals surface area (Å²) in [5.74, 6) is 1.89. The summed E-state index contributed by atoms with van der Waals surface area (Å²) in [7, 11) is 0. The topological polar surface area (TPSA) is 68.7 Å². The lowest BCUT2D eigenvalue weighted by molar-refractivity contribution is -0.122. The predicted octanol–water partition coefficient (Wildman–Crippen LogP) is 3.18. The van der Waals surface area contributed by atoms with Gasteiger partial charge in [-0.25, -0.2) is 4.98 Å². The number of hydrogen-bond acceptors (Lipinski definition) is 5. The highest BCUT2D eigenvalue weighted by atomic mass is 16.5. The fraction of sp³-hybridized carbons (Fsp3) is 0.409. The Morgan fingerprint density at radius 1 is 1.07 bits per heavy atom. The summed E-state index contributed by atoms with van der Waals surface area (Å²) in [6.45, 7) is 1.29. The molecule has 5 rings (SSSR count). The molecule has 1 atom stereocenters. The first kappa shape index (κ1) is 17.2. The lowest BCUT2D eigenvalue weighted by Crippen LogP contribution is -2.32. The molecule has 1 aromatic carbocycles. The van der Waals surface area contributed by atoms with Crippen molar-refractivity contribution in [3.05, 3.63) is 47.7 Å². The van der Waals surface area contributed by atoms with Gasteiger partial charge in [-0.1, -0.05) is 6.07 Å². The second-order valence-corrected chi connectivity index (χ2v) is 7.74. The number of nitrogens with zero attached hydrogens (tertiary/aromatic N) is 2. The summed E-state index contributed by atoms with van der Waals surface area (Å²) in [4.78, 5) is 30.8. The zero-order valence-electron chi connectivity index (χ0n) is 15.6. The van der Waals surface area contributed by atoms with Crippen molar-refractivity contribution >= 4 is 17.4 Å². The zero-order valence-corrected chi connectivity index (χ0v) is 15.6. The maximum atomic E-state index is 12.8. The summed E-state index contributed by atoms with van der Waals surface area (Å²) >= 11 is 0. The number of amides is 1. The molecule has 2 aliphatic carbocycles. The van der Waals surface area contributed by atoms with Crippen LogP contribution in [0.2, 0.25) is 0 Å². The van der Waals surface area contributed by atoms with Crippen LogP contribution in [-0.4, -0.2) is 35.9 Å². The molecule has 1 saturated heterocycles. The first-order valence-electron chi connectivity index (χ1n) is 9.90. The summed E-state index contributed by atoms with van der Waals surface area (Å²) in [5.41, 5.74) is 2.59. The number of aromatic nitrogens is 1. The second kappa shape index (κ2) is 6.93. The Balaban J connectivity index is 1.23. The number of anilines is 1. The third kappa shape index (κ3) is 3.35. The highest BCUT2D eigenvalue weighted by Crippen LogP contribution is 2.31. The van der Waals surface area contributed by atoms with Gasteiger partial charge in [-0.2, -0.15) is 0 Å². The molecule has 0 bridgehead atoms. The molecule has 1 aliphatic heterocycles. The fourth-order valence-corrected chi connectivity index (χ4v) is 3.79. The van der Waals surface area contributed by atoms with Gasteiger partial charge in [0, 0.05) is 36.7 Å². The summed E-state index contributed by atoms with van der Waals surface area (Å²) < 4.78 is 11.5. The minimum atomic E-state index is -0.538. The molecule has 1 amide bonds. The number of carbonyl (C=O) groups is 2. The minimum absolute atomic E-state index is 0.0838. The number of ether oxygens (including phenoxy) is 2. The predicted molar refractivity (Wildman–Crippen MR) is 103 cm³/mol. The van der Waals surface area contributed by atoms with E-state index in [4.69, 9.17) is 9.47 Å². The third-order valence-corrected chi connectivity index (χ3v) is 5.63. The van der Waals surface area contributed by atoms with Crippen molar-refractivity contribution in [2.24, 2.45) is 5.92 Å². The Morgan fingerprint density at radius 2 is 1.96 bits per heavy atom. The number of fused-ring (bicyclic) bond motifs is 1. The van der Waals surface area contributed by atoms with Crippen molar-refractivity contribution in [3.8, 4) is 11.6 Å². The molecule has 3 aliphatic rings. The van der Waals surface area contributed by atoms with Crippen LogP contribution < -0.4 is 14.4 Å². The molecule has 6 heteroatoms. The minimum Gasteiger partial charge on any atom is -0.479 e. The number of rotatable bonds is 6. The molecule has 2 aromatic rings. The molecule has 0 unspecified atom stereocenters. The molecule has 28 heavy (non-hydrogen) atoms. The van der Waals surface area contributed by atoms with Gasteiger partial charge in [0.25, 0.3) is 5.91 Å². The van der Waals surface area contributed by atoms with Crippen LogP contribution in [-0.2, 0) is 11.2 Å². The van der Waals surface area contributed by atoms with Crippen molar-refractivity contribution < 1.29 is 19.1 Å². The van der Waals surface area contributed by atoms with Gasteiger partial charge in [0.1, 0.15) is 5.75 Å². The highest BCUT2D eigenvalue weighted by Gasteiger charge is 2.35. The van der Waals surface area contributed by atoms with Crippen LogP contribution in [0.15, 0.2) is 36.5 Å². The van der Waals surface area contributed by atoms with Crippen LogP contribution >= 0.6 is 0 Å². The summed E-state index contributed by atoms with van der Waals surface area (Å²) in [5, 5.41) is 0. The van der Waals surface area contributed by atoms with Crippen LogP contribution in [0.25, 0.3) is 0 Å². The van der Waals surface area contributed by atoms with Gasteiger partial charge in [0.05, 0.1) is 12.8 Å². The van der Waals surface area contributed by atoms with Crippen molar-refractivity contribution in [3.63, 3.8) is 0 Å². The number of carbonyl (C=O) groups excluding carboxylic acids is 2. The van der Waals surface area contributed by atoms with Crippen LogP contribution in [0.5, 0.6) is 11.6 Å². The van der Waals surface area contributed by atoms with E-state index in [0.29, 0.717) is 43.5 Å². The second-order valence-electron chi connectivity index (χ2n) is 7.74. The normalized spacial score (nSPS) is 21.1. The lowest BCUT2D eigenvalue weighted by atomic mass is 10.1. The molecule has 6 nitrogen and oxygen atoms in total. The molecule has 0 N–H and O–H groups in total. The molecule has 1 aromatic heterocycles. The number of hydrogen-bond donors (Lipinski definition) is 0. The van der Waals surface area contributed by atoms with E-state index in [2.05, 4.69) is 4.98 Å². The van der Waals surface area contributed by atoms with Crippen molar-refractivity contribution in [1.82, 2.24) is 4.98 Å². The van der Waals surface area contributed by atoms with Gasteiger partial charge < -0.3 is 14.4 Å². The Kier molecular flexibility index (Phi) is 4.26. The van der Waals surface area contributed by atoms with Gasteiger partial charge >= 0.3 is 0 Å². The number of Topliss-reactive ketones (excluding diaryl/α,β-unsaturated/α-hetero) is 1. The smallest absolute Gasteiger partial charge is 0.268 e. The number of ketones is 1. The molecule has 0 radical (unpaired) electrons. The van der Waals surface area contributed by atoms with Gasteiger partial charge in [-0.05, 0) is 48.9 Å². The highest BCUT2D eigenvalue weighted by molar-refractivity contribution is 6.04. The molecule has 2 heterocycles. The quantitative estimate of drug-likeness (QED) is 0.772. The van der Waals surface area contributed by atoms with E-state index in [-0.39, 0.29) is 11.7 Å². The van der Waals surface area contributed by atoms with E-state index in [1.54, 1.807) is 23.2 Å². The summed E-state index contributed by atoms with van der Waals surface area (Å²) in [6.07, 6.45) is 5.49. The van der Waals surface area contributed by atoms with E-state index in [1.165, 1.54) is 12.8 Å². The van der Waals surface area contributed by atoms with E-state index in [9.17, 15) is 9.59 Å². The SMILES string of the molecule is O=C1CCc2ccc(N3CC[C@@H](Oc4ccc(OCC5CC5)nc4)C3=O)cc21. The monoisotopic (exact) mass is 378 g/mol. The van der Waals surface area contributed by atoms with Gasteiger partial charge in [0.15, 0.2) is 11.9 Å². The van der Waals surface area contributed by atoms with E-state index in [1.807, 2.05) is 18.2 Å². The Hall–Kier alpha value is -2.89. The average molecular weight is 378 g/mol. The standard InChI is InChI=1S/C22H22N2O4/c25-19-7-4-15-3-5-16(11-18(15)19)24-10-9-20(22(24)26)28-17-6-8-21(23-12-17)27-13-14-1-2-14/h3,5-6,8,11-12,14,20H,1-2,4,7,9-10,13H2/t20-/m1/s1. The third-order valence-electron chi connectivity index (χ3n) is 5.63. The van der Waals surface area contributed by atoms with Crippen molar-refractivity contribution in [2.75, 3.05) is 18.1 Å². The Morgan fingerprint density at radius 3 is 2.75 bits per heavy atom. The number of pyridine rings is 1. The first-order chi connectivity index (χ1) is 13.7. The largest absolute Gasteiger partial charge is 0.479 e.